The number of carbonyl (C=O) groups is 1. The van der Waals surface area contributed by atoms with Gasteiger partial charge in [-0.3, -0.25) is 4.79 Å². The number of nitrogens with one attached hydrogen (secondary N) is 1. The summed E-state index contributed by atoms with van der Waals surface area (Å²) in [5, 5.41) is 2.97. The summed E-state index contributed by atoms with van der Waals surface area (Å²) < 4.78 is 26.8. The predicted molar refractivity (Wildman–Crippen MR) is 78.8 cm³/mol. The standard InChI is InChI=1S/C16H13ClF2N2O/c17-15-12(2-1-7-20-15)16(22)21-14-6-5-11(14)10-4-3-9(18)8-13(10)19/h1-4,7-8,11,14H,5-6H2,(H,21,22)/t11-,14-/m0/s1. The zero-order chi connectivity index (χ0) is 15.7. The number of pyridine rings is 1. The summed E-state index contributed by atoms with van der Waals surface area (Å²) >= 11 is 5.89. The van der Waals surface area contributed by atoms with Crippen molar-refractivity contribution < 1.29 is 13.6 Å². The SMILES string of the molecule is O=C(N[C@H]1CC[C@H]1c1ccc(F)cc1F)c1cccnc1Cl. The molecule has 0 bridgehead atoms. The summed E-state index contributed by atoms with van der Waals surface area (Å²) in [6.07, 6.45) is 2.98. The van der Waals surface area contributed by atoms with E-state index in [9.17, 15) is 13.6 Å². The highest BCUT2D eigenvalue weighted by Crippen LogP contribution is 2.38. The number of hydrogen-bond donors (Lipinski definition) is 1. The molecule has 1 aromatic heterocycles. The molecule has 0 aliphatic heterocycles. The first-order chi connectivity index (χ1) is 10.6. The van der Waals surface area contributed by atoms with E-state index in [1.165, 1.54) is 18.3 Å². The van der Waals surface area contributed by atoms with E-state index in [-0.39, 0.29) is 28.6 Å². The summed E-state index contributed by atoms with van der Waals surface area (Å²) in [5.41, 5.74) is 0.713. The van der Waals surface area contributed by atoms with Crippen molar-refractivity contribution in [2.24, 2.45) is 0 Å². The molecule has 1 aliphatic carbocycles. The van der Waals surface area contributed by atoms with Gasteiger partial charge in [-0.25, -0.2) is 13.8 Å². The van der Waals surface area contributed by atoms with Crippen LogP contribution in [-0.2, 0) is 0 Å². The molecule has 1 N–H and O–H groups in total. The number of hydrogen-bond acceptors (Lipinski definition) is 2. The van der Waals surface area contributed by atoms with Crippen molar-refractivity contribution in [3.05, 3.63) is 64.4 Å². The maximum atomic E-state index is 13.8. The molecule has 3 nitrogen and oxygen atoms in total. The molecule has 1 amide bonds. The van der Waals surface area contributed by atoms with Crippen molar-refractivity contribution in [2.75, 3.05) is 0 Å². The highest BCUT2D eigenvalue weighted by atomic mass is 35.5. The van der Waals surface area contributed by atoms with Gasteiger partial charge in [0.15, 0.2) is 0 Å². The highest BCUT2D eigenvalue weighted by Gasteiger charge is 2.35. The molecule has 0 radical (unpaired) electrons. The number of aromatic nitrogens is 1. The lowest BCUT2D eigenvalue weighted by molar-refractivity contribution is 0.0903. The van der Waals surface area contributed by atoms with E-state index in [4.69, 9.17) is 11.6 Å². The van der Waals surface area contributed by atoms with Gasteiger partial charge in [0.2, 0.25) is 0 Å². The minimum absolute atomic E-state index is 0.129. The Balaban J connectivity index is 1.74. The van der Waals surface area contributed by atoms with Crippen LogP contribution in [0.2, 0.25) is 5.15 Å². The van der Waals surface area contributed by atoms with E-state index in [0.717, 1.165) is 18.9 Å². The summed E-state index contributed by atoms with van der Waals surface area (Å²) in [6, 6.07) is 6.54. The van der Waals surface area contributed by atoms with Crippen LogP contribution in [0.1, 0.15) is 34.7 Å². The molecule has 1 saturated carbocycles. The van der Waals surface area contributed by atoms with Gasteiger partial charge in [0.25, 0.3) is 5.91 Å². The quantitative estimate of drug-likeness (QED) is 0.876. The van der Waals surface area contributed by atoms with Gasteiger partial charge in [-0.15, -0.1) is 0 Å². The minimum atomic E-state index is -0.608. The maximum absolute atomic E-state index is 13.8. The van der Waals surface area contributed by atoms with Crippen LogP contribution >= 0.6 is 11.6 Å². The van der Waals surface area contributed by atoms with Crippen LogP contribution in [0.3, 0.4) is 0 Å². The van der Waals surface area contributed by atoms with Crippen LogP contribution in [-0.4, -0.2) is 16.9 Å². The third kappa shape index (κ3) is 2.81. The largest absolute Gasteiger partial charge is 0.349 e. The van der Waals surface area contributed by atoms with Crippen molar-refractivity contribution in [2.45, 2.75) is 24.8 Å². The van der Waals surface area contributed by atoms with Gasteiger partial charge < -0.3 is 5.32 Å². The molecule has 6 heteroatoms. The monoisotopic (exact) mass is 322 g/mol. The second kappa shape index (κ2) is 6.01. The smallest absolute Gasteiger partial charge is 0.254 e. The molecular weight excluding hydrogens is 310 g/mol. The minimum Gasteiger partial charge on any atom is -0.349 e. The summed E-state index contributed by atoms with van der Waals surface area (Å²) in [4.78, 5) is 16.1. The molecule has 114 valence electrons. The number of halogens is 3. The second-order valence-corrected chi connectivity index (χ2v) is 5.63. The van der Waals surface area contributed by atoms with Gasteiger partial charge >= 0.3 is 0 Å². The van der Waals surface area contributed by atoms with Crippen LogP contribution < -0.4 is 5.32 Å². The van der Waals surface area contributed by atoms with Crippen LogP contribution in [0.15, 0.2) is 36.5 Å². The van der Waals surface area contributed by atoms with E-state index in [0.29, 0.717) is 5.56 Å². The lowest BCUT2D eigenvalue weighted by Crippen LogP contribution is -2.45. The summed E-state index contributed by atoms with van der Waals surface area (Å²) in [7, 11) is 0. The molecule has 0 saturated heterocycles. The Morgan fingerprint density at radius 1 is 1.27 bits per heavy atom. The number of carbonyl (C=O) groups excluding carboxylic acids is 1. The normalized spacial score (nSPS) is 20.3. The first-order valence-corrected chi connectivity index (χ1v) is 7.30. The molecular formula is C16H13ClF2N2O. The van der Waals surface area contributed by atoms with Gasteiger partial charge in [0.1, 0.15) is 16.8 Å². The molecule has 2 aromatic rings. The lowest BCUT2D eigenvalue weighted by atomic mass is 9.74. The van der Waals surface area contributed by atoms with Gasteiger partial charge in [-0.05, 0) is 36.6 Å². The highest BCUT2D eigenvalue weighted by molar-refractivity contribution is 6.32. The Bertz CT molecular complexity index is 723. The molecule has 2 atom stereocenters. The summed E-state index contributed by atoms with van der Waals surface area (Å²) in [6.45, 7) is 0. The predicted octanol–water partition coefficient (Wildman–Crippen LogP) is 3.69. The second-order valence-electron chi connectivity index (χ2n) is 5.27. The zero-order valence-electron chi connectivity index (χ0n) is 11.5. The van der Waals surface area contributed by atoms with Gasteiger partial charge in [0.05, 0.1) is 5.56 Å². The average molecular weight is 323 g/mol. The molecule has 1 heterocycles. The number of benzene rings is 1. The topological polar surface area (TPSA) is 42.0 Å². The number of nitrogens with zero attached hydrogens (tertiary/aromatic N) is 1. The molecule has 3 rings (SSSR count). The molecule has 0 unspecified atom stereocenters. The van der Waals surface area contributed by atoms with Crippen molar-refractivity contribution >= 4 is 17.5 Å². The zero-order valence-corrected chi connectivity index (χ0v) is 12.3. The number of rotatable bonds is 3. The molecule has 1 aromatic carbocycles. The Kier molecular flexibility index (Phi) is 4.07. The fourth-order valence-electron chi connectivity index (χ4n) is 2.65. The fourth-order valence-corrected chi connectivity index (χ4v) is 2.85. The lowest BCUT2D eigenvalue weighted by Gasteiger charge is -2.37. The van der Waals surface area contributed by atoms with Crippen molar-refractivity contribution in [3.8, 4) is 0 Å². The van der Waals surface area contributed by atoms with Crippen LogP contribution in [0.5, 0.6) is 0 Å². The Morgan fingerprint density at radius 2 is 2.09 bits per heavy atom. The third-order valence-electron chi connectivity index (χ3n) is 3.96. The molecule has 22 heavy (non-hydrogen) atoms. The van der Waals surface area contributed by atoms with E-state index in [1.807, 2.05) is 0 Å². The van der Waals surface area contributed by atoms with E-state index >= 15 is 0 Å². The fraction of sp³-hybridized carbons (Fsp3) is 0.250. The Labute approximate surface area is 131 Å². The first kappa shape index (κ1) is 14.9. The summed E-state index contributed by atoms with van der Waals surface area (Å²) in [5.74, 6) is -1.68. The Hall–Kier alpha value is -2.01. The maximum Gasteiger partial charge on any atom is 0.254 e. The first-order valence-electron chi connectivity index (χ1n) is 6.92. The van der Waals surface area contributed by atoms with Crippen LogP contribution in [0, 0.1) is 11.6 Å². The van der Waals surface area contributed by atoms with Crippen LogP contribution in [0.4, 0.5) is 8.78 Å². The van der Waals surface area contributed by atoms with Gasteiger partial charge in [-0.1, -0.05) is 17.7 Å². The van der Waals surface area contributed by atoms with Crippen LogP contribution in [0.25, 0.3) is 0 Å². The van der Waals surface area contributed by atoms with E-state index in [2.05, 4.69) is 10.3 Å². The molecule has 1 aliphatic rings. The third-order valence-corrected chi connectivity index (χ3v) is 4.26. The van der Waals surface area contributed by atoms with Crippen molar-refractivity contribution in [3.63, 3.8) is 0 Å². The van der Waals surface area contributed by atoms with E-state index in [1.54, 1.807) is 12.1 Å². The van der Waals surface area contributed by atoms with Gasteiger partial charge in [-0.2, -0.15) is 0 Å². The average Bonchev–Trinajstić information content (AvgIpc) is 2.46. The number of amides is 1. The van der Waals surface area contributed by atoms with Gasteiger partial charge in [0, 0.05) is 24.2 Å². The van der Waals surface area contributed by atoms with Crippen molar-refractivity contribution in [1.82, 2.24) is 10.3 Å². The van der Waals surface area contributed by atoms with E-state index < -0.39 is 11.6 Å². The molecule has 0 spiro atoms. The Morgan fingerprint density at radius 3 is 2.73 bits per heavy atom. The molecule has 1 fully saturated rings. The van der Waals surface area contributed by atoms with Crippen molar-refractivity contribution in [1.29, 1.82) is 0 Å².